The molecule has 0 aliphatic heterocycles. The third-order valence-corrected chi connectivity index (χ3v) is 2.40. The summed E-state index contributed by atoms with van der Waals surface area (Å²) >= 11 is 0. The minimum absolute atomic E-state index is 0.392. The molecule has 0 amide bonds. The lowest BCUT2D eigenvalue weighted by Crippen LogP contribution is -2.05. The number of pyridine rings is 1. The van der Waals surface area contributed by atoms with Gasteiger partial charge in [-0.2, -0.15) is 0 Å². The number of hydrogen-bond acceptors (Lipinski definition) is 3. The molecule has 1 aromatic heterocycles. The highest BCUT2D eigenvalue weighted by molar-refractivity contribution is 6.19. The van der Waals surface area contributed by atoms with Crippen molar-refractivity contribution < 1.29 is 0 Å². The molecule has 0 saturated heterocycles. The molecule has 0 bridgehead atoms. The Hall–Kier alpha value is -1.45. The fourth-order valence-corrected chi connectivity index (χ4v) is 1.90. The maximum atomic E-state index is 5.94. The molecule has 1 atom stereocenters. The summed E-state index contributed by atoms with van der Waals surface area (Å²) in [6, 6.07) is 1.79. The van der Waals surface area contributed by atoms with Crippen molar-refractivity contribution in [3.63, 3.8) is 0 Å². The van der Waals surface area contributed by atoms with Gasteiger partial charge in [0, 0.05) is 17.4 Å². The second-order valence-electron chi connectivity index (χ2n) is 4.23. The van der Waals surface area contributed by atoms with E-state index in [1.165, 1.54) is 11.1 Å². The highest BCUT2D eigenvalue weighted by Gasteiger charge is 2.14. The van der Waals surface area contributed by atoms with Gasteiger partial charge in [-0.05, 0) is 31.3 Å². The summed E-state index contributed by atoms with van der Waals surface area (Å²) in [5, 5.41) is 0. The lowest BCUT2D eigenvalue weighted by atomic mass is 9.77. The third kappa shape index (κ3) is 2.32. The van der Waals surface area contributed by atoms with E-state index >= 15 is 0 Å². The maximum Gasteiger partial charge on any atom is 0.132 e. The second-order valence-corrected chi connectivity index (χ2v) is 4.23. The van der Waals surface area contributed by atoms with Crippen LogP contribution in [0.25, 0.3) is 5.57 Å². The van der Waals surface area contributed by atoms with Gasteiger partial charge in [0.1, 0.15) is 13.7 Å². The van der Waals surface area contributed by atoms with E-state index in [-0.39, 0.29) is 0 Å². The first-order valence-corrected chi connectivity index (χ1v) is 5.12. The predicted octanol–water partition coefficient (Wildman–Crippen LogP) is 1.48. The molecule has 0 aliphatic carbocycles. The number of rotatable bonds is 2. The first-order valence-electron chi connectivity index (χ1n) is 5.12. The molecule has 1 rings (SSSR count). The molecule has 0 fully saturated rings. The van der Waals surface area contributed by atoms with E-state index in [4.69, 9.17) is 11.5 Å². The van der Waals surface area contributed by atoms with Gasteiger partial charge < -0.3 is 11.5 Å². The third-order valence-electron chi connectivity index (χ3n) is 2.40. The lowest BCUT2D eigenvalue weighted by molar-refractivity contribution is 1.17. The van der Waals surface area contributed by atoms with Crippen molar-refractivity contribution in [2.24, 2.45) is 0 Å². The molecule has 0 saturated carbocycles. The molecule has 0 radical (unpaired) electrons. The van der Waals surface area contributed by atoms with Crippen LogP contribution in [0.3, 0.4) is 0 Å². The lowest BCUT2D eigenvalue weighted by Gasteiger charge is -2.17. The van der Waals surface area contributed by atoms with Gasteiger partial charge in [0.15, 0.2) is 0 Å². The molecule has 1 heterocycles. The standard InChI is InChI=1S/C11H18BN3/c1-6(2)9(7(3)12)10-8(13)4-5-15-11(10)14/h4-5,7H,12H2,1-3H3,(H4,13,14,15)/t7-/m1/s1. The largest absolute Gasteiger partial charge is 0.398 e. The van der Waals surface area contributed by atoms with Crippen LogP contribution in [0.2, 0.25) is 5.82 Å². The predicted molar refractivity (Wildman–Crippen MR) is 69.3 cm³/mol. The summed E-state index contributed by atoms with van der Waals surface area (Å²) in [7, 11) is 2.13. The van der Waals surface area contributed by atoms with Crippen LogP contribution in [0.4, 0.5) is 11.5 Å². The van der Waals surface area contributed by atoms with Crippen molar-refractivity contribution in [2.45, 2.75) is 26.6 Å². The zero-order chi connectivity index (χ0) is 11.6. The fourth-order valence-electron chi connectivity index (χ4n) is 1.90. The number of aromatic nitrogens is 1. The topological polar surface area (TPSA) is 64.9 Å². The van der Waals surface area contributed by atoms with E-state index in [1.54, 1.807) is 12.3 Å². The highest BCUT2D eigenvalue weighted by atomic mass is 14.8. The van der Waals surface area contributed by atoms with E-state index in [0.717, 1.165) is 5.56 Å². The van der Waals surface area contributed by atoms with Crippen LogP contribution in [0, 0.1) is 0 Å². The monoisotopic (exact) mass is 203 g/mol. The summed E-state index contributed by atoms with van der Waals surface area (Å²) in [5.74, 6) is 0.906. The first kappa shape index (κ1) is 11.6. The van der Waals surface area contributed by atoms with Gasteiger partial charge in [0.2, 0.25) is 0 Å². The number of allylic oxidation sites excluding steroid dienone is 2. The normalized spacial score (nSPS) is 12.2. The fraction of sp³-hybridized carbons (Fsp3) is 0.364. The molecule has 0 aromatic carbocycles. The molecule has 3 nitrogen and oxygen atoms in total. The molecule has 0 aliphatic rings. The highest BCUT2D eigenvalue weighted by Crippen LogP contribution is 2.35. The van der Waals surface area contributed by atoms with Crippen LogP contribution in [-0.4, -0.2) is 12.8 Å². The number of anilines is 2. The van der Waals surface area contributed by atoms with Crippen molar-refractivity contribution in [3.8, 4) is 0 Å². The molecular formula is C11H18BN3. The van der Waals surface area contributed by atoms with Gasteiger partial charge in [-0.1, -0.05) is 12.5 Å². The van der Waals surface area contributed by atoms with Crippen LogP contribution in [0.15, 0.2) is 17.8 Å². The summed E-state index contributed by atoms with van der Waals surface area (Å²) < 4.78 is 0. The van der Waals surface area contributed by atoms with Crippen LogP contribution in [0.1, 0.15) is 26.3 Å². The summed E-state index contributed by atoms with van der Waals surface area (Å²) in [6.45, 7) is 6.27. The number of nitrogens with zero attached hydrogens (tertiary/aromatic N) is 1. The zero-order valence-corrected chi connectivity index (χ0v) is 9.83. The van der Waals surface area contributed by atoms with E-state index < -0.39 is 0 Å². The molecule has 1 aromatic rings. The average Bonchev–Trinajstić information content (AvgIpc) is 2.09. The number of nitrogens with two attached hydrogens (primary N) is 2. The molecular weight excluding hydrogens is 185 g/mol. The molecule has 0 unspecified atom stereocenters. The molecule has 15 heavy (non-hydrogen) atoms. The van der Waals surface area contributed by atoms with Crippen molar-refractivity contribution >= 4 is 24.9 Å². The quantitative estimate of drug-likeness (QED) is 0.715. The van der Waals surface area contributed by atoms with Crippen molar-refractivity contribution in [1.29, 1.82) is 0 Å². The van der Waals surface area contributed by atoms with E-state index in [0.29, 0.717) is 17.3 Å². The smallest absolute Gasteiger partial charge is 0.132 e. The Morgan fingerprint density at radius 3 is 2.40 bits per heavy atom. The number of nitrogen functional groups attached to an aromatic ring is 2. The SMILES string of the molecule is B[C@H](C)C(=C(C)C)c1c(N)ccnc1N. The van der Waals surface area contributed by atoms with Gasteiger partial charge in [-0.15, -0.1) is 0 Å². The van der Waals surface area contributed by atoms with Gasteiger partial charge in [0.05, 0.1) is 0 Å². The van der Waals surface area contributed by atoms with Crippen molar-refractivity contribution in [2.75, 3.05) is 11.5 Å². The average molecular weight is 203 g/mol. The minimum atomic E-state index is 0.392. The van der Waals surface area contributed by atoms with Gasteiger partial charge in [0.25, 0.3) is 0 Å². The van der Waals surface area contributed by atoms with Gasteiger partial charge in [-0.3, -0.25) is 0 Å². The summed E-state index contributed by atoms with van der Waals surface area (Å²) in [5.41, 5.74) is 15.8. The first-order chi connectivity index (χ1) is 6.95. The number of hydrogen-bond donors (Lipinski definition) is 2. The van der Waals surface area contributed by atoms with Gasteiger partial charge >= 0.3 is 0 Å². The van der Waals surface area contributed by atoms with Crippen molar-refractivity contribution in [1.82, 2.24) is 4.98 Å². The molecule has 80 valence electrons. The zero-order valence-electron chi connectivity index (χ0n) is 9.83. The molecule has 4 heteroatoms. The summed E-state index contributed by atoms with van der Waals surface area (Å²) in [4.78, 5) is 4.09. The van der Waals surface area contributed by atoms with Crippen LogP contribution in [-0.2, 0) is 0 Å². The van der Waals surface area contributed by atoms with Crippen LogP contribution >= 0.6 is 0 Å². The Balaban J connectivity index is 3.43. The Morgan fingerprint density at radius 2 is 2.00 bits per heavy atom. The Kier molecular flexibility index (Phi) is 3.40. The minimum Gasteiger partial charge on any atom is -0.398 e. The maximum absolute atomic E-state index is 5.94. The Labute approximate surface area is 92.0 Å². The summed E-state index contributed by atoms with van der Waals surface area (Å²) in [6.07, 6.45) is 1.64. The van der Waals surface area contributed by atoms with E-state index in [1.807, 2.05) is 0 Å². The Bertz CT molecular complexity index is 373. The van der Waals surface area contributed by atoms with E-state index in [9.17, 15) is 0 Å². The molecule has 0 spiro atoms. The second kappa shape index (κ2) is 4.38. The van der Waals surface area contributed by atoms with Crippen molar-refractivity contribution in [3.05, 3.63) is 23.4 Å². The van der Waals surface area contributed by atoms with Crippen LogP contribution < -0.4 is 11.5 Å². The Morgan fingerprint density at radius 1 is 1.40 bits per heavy atom. The van der Waals surface area contributed by atoms with Crippen LogP contribution in [0.5, 0.6) is 0 Å². The van der Waals surface area contributed by atoms with Gasteiger partial charge in [-0.25, -0.2) is 4.98 Å². The molecule has 4 N–H and O–H groups in total. The van der Waals surface area contributed by atoms with E-state index in [2.05, 4.69) is 33.6 Å².